The lowest BCUT2D eigenvalue weighted by molar-refractivity contribution is 0.0716. The monoisotopic (exact) mass is 411 g/mol. The minimum Gasteiger partial charge on any atom is -0.391 e. The number of halogens is 1. The molecule has 10 heteroatoms. The van der Waals surface area contributed by atoms with E-state index < -0.39 is 17.9 Å². The van der Waals surface area contributed by atoms with Crippen LogP contribution in [0.4, 0.5) is 4.39 Å². The molecule has 0 unspecified atom stereocenters. The van der Waals surface area contributed by atoms with Gasteiger partial charge in [-0.3, -0.25) is 14.6 Å². The normalized spacial score (nSPS) is 15.9. The summed E-state index contributed by atoms with van der Waals surface area (Å²) in [6, 6.07) is 9.22. The van der Waals surface area contributed by atoms with Crippen molar-refractivity contribution in [2.75, 3.05) is 13.1 Å². The summed E-state index contributed by atoms with van der Waals surface area (Å²) in [5.41, 5.74) is 1.46. The Morgan fingerprint density at radius 2 is 2.17 bits per heavy atom. The number of hydrogen-bond acceptors (Lipinski definition) is 7. The second-order valence-electron chi connectivity index (χ2n) is 6.83. The van der Waals surface area contributed by atoms with E-state index in [9.17, 15) is 19.1 Å². The van der Waals surface area contributed by atoms with Crippen molar-refractivity contribution in [3.63, 3.8) is 0 Å². The van der Waals surface area contributed by atoms with E-state index in [1.807, 2.05) is 0 Å². The van der Waals surface area contributed by atoms with E-state index in [0.29, 0.717) is 29.8 Å². The summed E-state index contributed by atoms with van der Waals surface area (Å²) in [6.45, 7) is 0.614. The molecule has 0 aliphatic carbocycles. The van der Waals surface area contributed by atoms with Crippen molar-refractivity contribution < 1.29 is 23.6 Å². The molecule has 0 radical (unpaired) electrons. The van der Waals surface area contributed by atoms with Crippen LogP contribution in [0.1, 0.15) is 33.3 Å². The summed E-state index contributed by atoms with van der Waals surface area (Å²) < 4.78 is 18.3. The lowest BCUT2D eigenvalue weighted by atomic mass is 10.1. The van der Waals surface area contributed by atoms with E-state index in [0.717, 1.165) is 0 Å². The molecule has 1 aromatic carbocycles. The number of aliphatic hydroxyl groups is 1. The number of aliphatic hydroxyl groups excluding tert-OH is 1. The van der Waals surface area contributed by atoms with Crippen molar-refractivity contribution in [1.29, 1.82) is 0 Å². The van der Waals surface area contributed by atoms with Gasteiger partial charge in [0.25, 0.3) is 5.91 Å². The third-order valence-electron chi connectivity index (χ3n) is 4.65. The first-order valence-corrected chi connectivity index (χ1v) is 9.30. The van der Waals surface area contributed by atoms with Gasteiger partial charge in [0, 0.05) is 24.8 Å². The van der Waals surface area contributed by atoms with Gasteiger partial charge >= 0.3 is 11.8 Å². The van der Waals surface area contributed by atoms with E-state index in [-0.39, 0.29) is 30.6 Å². The number of amides is 2. The second-order valence-corrected chi connectivity index (χ2v) is 6.83. The summed E-state index contributed by atoms with van der Waals surface area (Å²) in [6.07, 6.45) is 1.35. The molecule has 2 amide bonds. The number of benzene rings is 1. The molecule has 1 atom stereocenters. The zero-order chi connectivity index (χ0) is 21.1. The van der Waals surface area contributed by atoms with Crippen LogP contribution >= 0.6 is 0 Å². The molecule has 0 spiro atoms. The Morgan fingerprint density at radius 1 is 1.30 bits per heavy atom. The average molecular weight is 411 g/mol. The van der Waals surface area contributed by atoms with Crippen LogP contribution in [0.3, 0.4) is 0 Å². The highest BCUT2D eigenvalue weighted by molar-refractivity contribution is 5.94. The molecule has 1 aliphatic heterocycles. The summed E-state index contributed by atoms with van der Waals surface area (Å²) in [4.78, 5) is 34.2. The van der Waals surface area contributed by atoms with Crippen LogP contribution in [0.2, 0.25) is 0 Å². The van der Waals surface area contributed by atoms with Gasteiger partial charge in [0.2, 0.25) is 0 Å². The van der Waals surface area contributed by atoms with E-state index in [1.165, 1.54) is 23.2 Å². The summed E-state index contributed by atoms with van der Waals surface area (Å²) in [5, 5.41) is 15.8. The predicted octanol–water partition coefficient (Wildman–Crippen LogP) is 1.41. The molecule has 4 rings (SSSR count). The Balaban J connectivity index is 1.35. The Labute approximate surface area is 170 Å². The van der Waals surface area contributed by atoms with E-state index in [4.69, 9.17) is 4.52 Å². The first kappa shape index (κ1) is 19.6. The Morgan fingerprint density at radius 3 is 2.87 bits per heavy atom. The molecule has 1 saturated heterocycles. The molecule has 0 bridgehead atoms. The van der Waals surface area contributed by atoms with Crippen molar-refractivity contribution in [2.45, 2.75) is 19.1 Å². The molecular weight excluding hydrogens is 393 g/mol. The van der Waals surface area contributed by atoms with Crippen molar-refractivity contribution in [3.8, 4) is 11.3 Å². The van der Waals surface area contributed by atoms with Gasteiger partial charge in [0.1, 0.15) is 5.82 Å². The quantitative estimate of drug-likeness (QED) is 0.651. The number of carbonyl (C=O) groups is 2. The van der Waals surface area contributed by atoms with Crippen LogP contribution in [0, 0.1) is 5.82 Å². The maximum atomic E-state index is 13.3. The largest absolute Gasteiger partial charge is 0.391 e. The molecule has 3 aromatic rings. The highest BCUT2D eigenvalue weighted by atomic mass is 19.1. The van der Waals surface area contributed by atoms with Gasteiger partial charge in [0.05, 0.1) is 23.9 Å². The smallest absolute Gasteiger partial charge is 0.316 e. The summed E-state index contributed by atoms with van der Waals surface area (Å²) >= 11 is 0. The van der Waals surface area contributed by atoms with Crippen LogP contribution in [0.15, 0.2) is 47.1 Å². The third-order valence-corrected chi connectivity index (χ3v) is 4.65. The topological polar surface area (TPSA) is 121 Å². The predicted molar refractivity (Wildman–Crippen MR) is 102 cm³/mol. The highest BCUT2D eigenvalue weighted by Crippen LogP contribution is 2.18. The van der Waals surface area contributed by atoms with Crippen LogP contribution in [-0.2, 0) is 6.54 Å². The van der Waals surface area contributed by atoms with Gasteiger partial charge in [0.15, 0.2) is 5.82 Å². The molecule has 3 heterocycles. The van der Waals surface area contributed by atoms with Crippen LogP contribution in [-0.4, -0.2) is 56.1 Å². The fourth-order valence-corrected chi connectivity index (χ4v) is 3.08. The maximum absolute atomic E-state index is 13.3. The minimum atomic E-state index is -0.545. The molecule has 9 nitrogen and oxygen atoms in total. The fraction of sp³-hybridized carbons (Fsp3) is 0.250. The summed E-state index contributed by atoms with van der Waals surface area (Å²) in [7, 11) is 0. The van der Waals surface area contributed by atoms with Crippen LogP contribution in [0.25, 0.3) is 11.3 Å². The first-order chi connectivity index (χ1) is 14.5. The highest BCUT2D eigenvalue weighted by Gasteiger charge is 2.29. The van der Waals surface area contributed by atoms with Gasteiger partial charge in [-0.25, -0.2) is 4.39 Å². The molecular formula is C20H18FN5O4. The number of likely N-dealkylation sites (tertiary alicyclic amines) is 1. The van der Waals surface area contributed by atoms with Gasteiger partial charge in [-0.05, 0) is 30.7 Å². The molecule has 1 fully saturated rings. The Kier molecular flexibility index (Phi) is 5.48. The fourth-order valence-electron chi connectivity index (χ4n) is 3.08. The number of β-amino-alcohol motifs (C(OH)–C–C–N with tert-alkyl or cyclic N) is 1. The number of pyridine rings is 1. The van der Waals surface area contributed by atoms with Crippen molar-refractivity contribution in [2.24, 2.45) is 0 Å². The average Bonchev–Trinajstić information content (AvgIpc) is 3.41. The van der Waals surface area contributed by atoms with Crippen molar-refractivity contribution >= 4 is 11.8 Å². The molecule has 1 aliphatic rings. The maximum Gasteiger partial charge on any atom is 0.316 e. The zero-order valence-electron chi connectivity index (χ0n) is 15.8. The number of aromatic nitrogens is 3. The number of nitrogens with one attached hydrogen (secondary N) is 1. The van der Waals surface area contributed by atoms with Crippen LogP contribution in [0.5, 0.6) is 0 Å². The standard InChI is InChI=1S/C20H18FN5O4/c21-14-3-1-2-12(8-14)16-5-4-13(9-22-16)18(28)23-10-17-24-19(30-25-17)20(29)26-7-6-15(27)11-26/h1-5,8-9,15,27H,6-7,10-11H2,(H,23,28)/t15-/m1/s1. The zero-order valence-corrected chi connectivity index (χ0v) is 15.8. The Hall–Kier alpha value is -3.66. The number of rotatable bonds is 5. The second kappa shape index (κ2) is 8.37. The van der Waals surface area contributed by atoms with Crippen molar-refractivity contribution in [1.82, 2.24) is 25.3 Å². The number of carbonyl (C=O) groups excluding carboxylic acids is 2. The van der Waals surface area contributed by atoms with Gasteiger partial charge in [-0.1, -0.05) is 17.3 Å². The molecule has 154 valence electrons. The van der Waals surface area contributed by atoms with E-state index in [2.05, 4.69) is 20.4 Å². The van der Waals surface area contributed by atoms with Gasteiger partial charge < -0.3 is 19.8 Å². The first-order valence-electron chi connectivity index (χ1n) is 9.30. The molecule has 2 aromatic heterocycles. The molecule has 0 saturated carbocycles. The Bertz CT molecular complexity index is 1070. The molecule has 30 heavy (non-hydrogen) atoms. The number of hydrogen-bond donors (Lipinski definition) is 2. The lowest BCUT2D eigenvalue weighted by Gasteiger charge is -2.11. The summed E-state index contributed by atoms with van der Waals surface area (Å²) in [5.74, 6) is -1.26. The number of nitrogens with zero attached hydrogens (tertiary/aromatic N) is 4. The SMILES string of the molecule is O=C(NCc1noc(C(=O)N2CC[C@@H](O)C2)n1)c1ccc(-c2cccc(F)c2)nc1. The van der Waals surface area contributed by atoms with E-state index >= 15 is 0 Å². The lowest BCUT2D eigenvalue weighted by Crippen LogP contribution is -2.30. The third kappa shape index (κ3) is 4.33. The minimum absolute atomic E-state index is 0.0378. The van der Waals surface area contributed by atoms with Gasteiger partial charge in [-0.15, -0.1) is 0 Å². The van der Waals surface area contributed by atoms with Crippen molar-refractivity contribution in [3.05, 3.63) is 65.7 Å². The van der Waals surface area contributed by atoms with Gasteiger partial charge in [-0.2, -0.15) is 4.98 Å². The van der Waals surface area contributed by atoms with Crippen LogP contribution < -0.4 is 5.32 Å². The molecule has 2 N–H and O–H groups in total. The van der Waals surface area contributed by atoms with E-state index in [1.54, 1.807) is 24.3 Å².